The summed E-state index contributed by atoms with van der Waals surface area (Å²) >= 11 is 0. The lowest BCUT2D eigenvalue weighted by Crippen LogP contribution is -2.06. The summed E-state index contributed by atoms with van der Waals surface area (Å²) in [5.74, 6) is 0.461. The fourth-order valence-corrected chi connectivity index (χ4v) is 4.23. The molecule has 6 heteroatoms. The van der Waals surface area contributed by atoms with Crippen LogP contribution in [0.4, 0.5) is 0 Å². The van der Waals surface area contributed by atoms with Gasteiger partial charge in [-0.05, 0) is 51.7 Å². The minimum absolute atomic E-state index is 0.0391. The Bertz CT molecular complexity index is 1170. The van der Waals surface area contributed by atoms with Gasteiger partial charge in [0.15, 0.2) is 5.65 Å². The largest absolute Gasteiger partial charge is 0.392 e. The molecule has 28 heavy (non-hydrogen) atoms. The van der Waals surface area contributed by atoms with Crippen LogP contribution >= 0.6 is 0 Å². The van der Waals surface area contributed by atoms with Gasteiger partial charge >= 0.3 is 0 Å². The second-order valence-electron chi connectivity index (χ2n) is 7.47. The van der Waals surface area contributed by atoms with Gasteiger partial charge in [0.1, 0.15) is 11.3 Å². The lowest BCUT2D eigenvalue weighted by molar-refractivity contribution is 0.282. The van der Waals surface area contributed by atoms with Gasteiger partial charge in [0.2, 0.25) is 0 Å². The Morgan fingerprint density at radius 2 is 1.68 bits per heavy atom. The summed E-state index contributed by atoms with van der Waals surface area (Å²) in [6, 6.07) is 6.02. The molecular weight excluding hydrogens is 350 g/mol. The van der Waals surface area contributed by atoms with Crippen molar-refractivity contribution in [3.8, 4) is 11.4 Å². The first-order chi connectivity index (χ1) is 13.5. The Morgan fingerprint density at radius 3 is 2.36 bits per heavy atom. The van der Waals surface area contributed by atoms with E-state index in [9.17, 15) is 5.11 Å². The predicted octanol–water partition coefficient (Wildman–Crippen LogP) is 4.37. The van der Waals surface area contributed by atoms with Crippen molar-refractivity contribution in [2.75, 3.05) is 0 Å². The molecule has 0 saturated heterocycles. The van der Waals surface area contributed by atoms with Gasteiger partial charge in [-0.2, -0.15) is 5.10 Å². The summed E-state index contributed by atoms with van der Waals surface area (Å²) < 4.78 is 4.03. The van der Waals surface area contributed by atoms with Gasteiger partial charge < -0.3 is 5.11 Å². The third-order valence-corrected chi connectivity index (χ3v) is 5.63. The Balaban J connectivity index is 2.07. The van der Waals surface area contributed by atoms with Crippen LogP contribution in [0.5, 0.6) is 0 Å². The van der Waals surface area contributed by atoms with Gasteiger partial charge in [0, 0.05) is 17.3 Å². The maximum Gasteiger partial charge on any atom is 0.158 e. The highest BCUT2D eigenvalue weighted by Gasteiger charge is 2.23. The van der Waals surface area contributed by atoms with Gasteiger partial charge in [-0.1, -0.05) is 19.9 Å². The molecule has 4 rings (SSSR count). The quantitative estimate of drug-likeness (QED) is 0.561. The molecule has 0 bridgehead atoms. The number of aliphatic hydroxyl groups excluding tert-OH is 1. The topological polar surface area (TPSA) is 67.7 Å². The van der Waals surface area contributed by atoms with Gasteiger partial charge in [-0.15, -0.1) is 0 Å². The summed E-state index contributed by atoms with van der Waals surface area (Å²) in [6.07, 6.45) is 4.14. The second kappa shape index (κ2) is 7.02. The predicted molar refractivity (Wildman–Crippen MR) is 111 cm³/mol. The molecule has 4 heterocycles. The number of hydrogen-bond acceptors (Lipinski definition) is 4. The van der Waals surface area contributed by atoms with Crippen LogP contribution in [-0.4, -0.2) is 29.1 Å². The number of hydrogen-bond donors (Lipinski definition) is 1. The standard InChI is InChI=1S/C22H27N5O/c1-6-16(7-2)18-11-13(3)25-27-20(15(5)24-22(18)27)19-14(4)23-21-17(12-28)9-8-10-26(19)21/h8-11,16,28H,6-7,12H2,1-5H3. The summed E-state index contributed by atoms with van der Waals surface area (Å²) in [5.41, 5.74) is 8.53. The van der Waals surface area contributed by atoms with Crippen LogP contribution in [0, 0.1) is 20.8 Å². The zero-order valence-corrected chi connectivity index (χ0v) is 17.2. The van der Waals surface area contributed by atoms with Crippen molar-refractivity contribution in [2.45, 2.75) is 60.0 Å². The molecule has 0 aliphatic rings. The molecule has 6 nitrogen and oxygen atoms in total. The maximum absolute atomic E-state index is 9.70. The van der Waals surface area contributed by atoms with Crippen LogP contribution in [0.2, 0.25) is 0 Å². The van der Waals surface area contributed by atoms with Gasteiger partial charge in [-0.25, -0.2) is 14.5 Å². The highest BCUT2D eigenvalue weighted by atomic mass is 16.3. The normalized spacial score (nSPS) is 12.0. The van der Waals surface area contributed by atoms with E-state index in [0.717, 1.165) is 58.2 Å². The lowest BCUT2D eigenvalue weighted by Gasteiger charge is -2.15. The van der Waals surface area contributed by atoms with Gasteiger partial charge in [0.25, 0.3) is 0 Å². The highest BCUT2D eigenvalue weighted by molar-refractivity contribution is 5.71. The van der Waals surface area contributed by atoms with E-state index in [1.54, 1.807) is 0 Å². The van der Waals surface area contributed by atoms with E-state index in [-0.39, 0.29) is 6.61 Å². The number of nitrogens with zero attached hydrogens (tertiary/aromatic N) is 5. The van der Waals surface area contributed by atoms with E-state index < -0.39 is 0 Å². The Morgan fingerprint density at radius 1 is 1.00 bits per heavy atom. The average molecular weight is 377 g/mol. The van der Waals surface area contributed by atoms with E-state index >= 15 is 0 Å². The molecule has 0 saturated carbocycles. The van der Waals surface area contributed by atoms with Crippen molar-refractivity contribution in [3.63, 3.8) is 0 Å². The van der Waals surface area contributed by atoms with Crippen LogP contribution < -0.4 is 0 Å². The highest BCUT2D eigenvalue weighted by Crippen LogP contribution is 2.33. The zero-order valence-electron chi connectivity index (χ0n) is 17.2. The molecule has 0 aliphatic heterocycles. The summed E-state index contributed by atoms with van der Waals surface area (Å²) in [6.45, 7) is 10.5. The number of pyridine rings is 1. The summed E-state index contributed by atoms with van der Waals surface area (Å²) in [5, 5.41) is 14.5. The third kappa shape index (κ3) is 2.71. The molecule has 1 N–H and O–H groups in total. The minimum atomic E-state index is -0.0391. The first kappa shape index (κ1) is 18.6. The number of aryl methyl sites for hydroxylation is 3. The average Bonchev–Trinajstić information content (AvgIpc) is 3.17. The Labute approximate surface area is 164 Å². The smallest absolute Gasteiger partial charge is 0.158 e. The van der Waals surface area contributed by atoms with Crippen molar-refractivity contribution in [3.05, 3.63) is 52.6 Å². The molecule has 4 aromatic rings. The SMILES string of the molecule is CCC(CC)c1cc(C)nn2c(-c3c(C)nc4c(CO)cccn34)c(C)nc12. The molecule has 0 spiro atoms. The van der Waals surface area contributed by atoms with E-state index in [4.69, 9.17) is 15.1 Å². The molecule has 0 unspecified atom stereocenters. The second-order valence-corrected chi connectivity index (χ2v) is 7.47. The molecular formula is C22H27N5O. The first-order valence-corrected chi connectivity index (χ1v) is 9.94. The molecule has 0 aliphatic carbocycles. The van der Waals surface area contributed by atoms with E-state index in [1.807, 2.05) is 48.0 Å². The molecule has 0 aromatic carbocycles. The van der Waals surface area contributed by atoms with E-state index in [1.165, 1.54) is 5.56 Å². The fraction of sp³-hybridized carbons (Fsp3) is 0.409. The molecule has 146 valence electrons. The molecule has 4 aromatic heterocycles. The maximum atomic E-state index is 9.70. The molecule has 0 amide bonds. The van der Waals surface area contributed by atoms with E-state index in [2.05, 4.69) is 19.9 Å². The van der Waals surface area contributed by atoms with Crippen LogP contribution in [-0.2, 0) is 6.61 Å². The zero-order chi connectivity index (χ0) is 20.0. The summed E-state index contributed by atoms with van der Waals surface area (Å²) in [4.78, 5) is 9.66. The number of aromatic nitrogens is 5. The monoisotopic (exact) mass is 377 g/mol. The number of fused-ring (bicyclic) bond motifs is 2. The molecule has 0 radical (unpaired) electrons. The van der Waals surface area contributed by atoms with E-state index in [0.29, 0.717) is 5.92 Å². The minimum Gasteiger partial charge on any atom is -0.392 e. The van der Waals surface area contributed by atoms with Crippen LogP contribution in [0.25, 0.3) is 22.7 Å². The first-order valence-electron chi connectivity index (χ1n) is 9.94. The van der Waals surface area contributed by atoms with Crippen molar-refractivity contribution in [1.29, 1.82) is 0 Å². The van der Waals surface area contributed by atoms with Gasteiger partial charge in [0.05, 0.1) is 29.4 Å². The van der Waals surface area contributed by atoms with Crippen molar-refractivity contribution in [2.24, 2.45) is 0 Å². The molecule has 0 atom stereocenters. The van der Waals surface area contributed by atoms with Crippen LogP contribution in [0.3, 0.4) is 0 Å². The molecule has 0 fully saturated rings. The van der Waals surface area contributed by atoms with Gasteiger partial charge in [-0.3, -0.25) is 4.40 Å². The third-order valence-electron chi connectivity index (χ3n) is 5.63. The van der Waals surface area contributed by atoms with Crippen molar-refractivity contribution < 1.29 is 5.11 Å². The number of aliphatic hydroxyl groups is 1. The van der Waals surface area contributed by atoms with Crippen molar-refractivity contribution >= 4 is 11.3 Å². The summed E-state index contributed by atoms with van der Waals surface area (Å²) in [7, 11) is 0. The Hall–Kier alpha value is -2.73. The number of rotatable bonds is 5. The number of imidazole rings is 2. The Kier molecular flexibility index (Phi) is 4.67. The van der Waals surface area contributed by atoms with Crippen LogP contribution in [0.15, 0.2) is 24.4 Å². The van der Waals surface area contributed by atoms with Crippen molar-refractivity contribution in [1.82, 2.24) is 24.0 Å². The van der Waals surface area contributed by atoms with Crippen LogP contribution in [0.1, 0.15) is 60.8 Å². The fourth-order valence-electron chi connectivity index (χ4n) is 4.23. The lowest BCUT2D eigenvalue weighted by atomic mass is 9.95.